The minimum absolute atomic E-state index is 0. The summed E-state index contributed by atoms with van der Waals surface area (Å²) in [7, 11) is 0. The zero-order valence-electron chi connectivity index (χ0n) is 12.7. The molecule has 0 spiro atoms. The summed E-state index contributed by atoms with van der Waals surface area (Å²) in [5.41, 5.74) is 6.07. The van der Waals surface area contributed by atoms with E-state index in [1.165, 1.54) is 18.2 Å². The van der Waals surface area contributed by atoms with Crippen LogP contribution < -0.4 is 10.5 Å². The Morgan fingerprint density at radius 2 is 2.13 bits per heavy atom. The van der Waals surface area contributed by atoms with E-state index in [0.29, 0.717) is 13.1 Å². The maximum atomic E-state index is 12.4. The highest BCUT2D eigenvalue weighted by atomic mass is 35.5. The van der Waals surface area contributed by atoms with Crippen molar-refractivity contribution in [3.8, 4) is 5.75 Å². The van der Waals surface area contributed by atoms with Crippen molar-refractivity contribution in [1.29, 1.82) is 0 Å². The van der Waals surface area contributed by atoms with Crippen molar-refractivity contribution in [2.45, 2.75) is 32.2 Å². The lowest BCUT2D eigenvalue weighted by atomic mass is 9.92. The smallest absolute Gasteiger partial charge is 0.406 e. The first-order valence-electron chi connectivity index (χ1n) is 7.17. The van der Waals surface area contributed by atoms with Crippen molar-refractivity contribution in [2.24, 2.45) is 11.7 Å². The van der Waals surface area contributed by atoms with Crippen LogP contribution in [0, 0.1) is 5.92 Å². The number of ether oxygens (including phenoxy) is 1. The summed E-state index contributed by atoms with van der Waals surface area (Å²) in [5, 5.41) is 0. The topological polar surface area (TPSA) is 55.6 Å². The molecule has 0 saturated carbocycles. The average molecular weight is 353 g/mol. The van der Waals surface area contributed by atoms with Gasteiger partial charge < -0.3 is 15.4 Å². The molecule has 1 aliphatic rings. The number of rotatable bonds is 3. The number of nitrogens with zero attached hydrogens (tertiary/aromatic N) is 1. The van der Waals surface area contributed by atoms with Gasteiger partial charge in [-0.15, -0.1) is 25.6 Å². The second kappa shape index (κ2) is 7.88. The monoisotopic (exact) mass is 352 g/mol. The van der Waals surface area contributed by atoms with Crippen LogP contribution in [0.3, 0.4) is 0 Å². The Balaban J connectivity index is 0.00000264. The van der Waals surface area contributed by atoms with Crippen molar-refractivity contribution >= 4 is 18.3 Å². The molecule has 2 rings (SSSR count). The van der Waals surface area contributed by atoms with Crippen molar-refractivity contribution in [1.82, 2.24) is 4.90 Å². The standard InChI is InChI=1S/C15H19F3N2O2.ClH/c1-10(19)12-5-3-7-20(9-12)14(21)11-4-2-6-13(8-11)22-15(16,17)18;/h2,4,6,8,10,12H,3,5,7,9,19H2,1H3;1H. The molecule has 2 atom stereocenters. The summed E-state index contributed by atoms with van der Waals surface area (Å²) in [5.74, 6) is -0.468. The minimum Gasteiger partial charge on any atom is -0.406 e. The third-order valence-corrected chi connectivity index (χ3v) is 3.80. The quantitative estimate of drug-likeness (QED) is 0.908. The number of nitrogens with two attached hydrogens (primary N) is 1. The number of carbonyl (C=O) groups is 1. The van der Waals surface area contributed by atoms with Crippen molar-refractivity contribution < 1.29 is 22.7 Å². The van der Waals surface area contributed by atoms with Gasteiger partial charge in [-0.05, 0) is 43.9 Å². The van der Waals surface area contributed by atoms with Gasteiger partial charge in [-0.3, -0.25) is 4.79 Å². The molecule has 1 saturated heterocycles. The highest BCUT2D eigenvalue weighted by Crippen LogP contribution is 2.25. The number of benzene rings is 1. The van der Waals surface area contributed by atoms with E-state index in [1.54, 1.807) is 4.90 Å². The molecule has 2 N–H and O–H groups in total. The number of hydrogen-bond acceptors (Lipinski definition) is 3. The Kier molecular flexibility index (Phi) is 6.70. The van der Waals surface area contributed by atoms with Gasteiger partial charge in [-0.1, -0.05) is 6.07 Å². The summed E-state index contributed by atoms with van der Waals surface area (Å²) in [4.78, 5) is 14.1. The van der Waals surface area contributed by atoms with Gasteiger partial charge in [-0.2, -0.15) is 0 Å². The molecule has 0 aromatic heterocycles. The van der Waals surface area contributed by atoms with Crippen LogP contribution in [0.2, 0.25) is 0 Å². The molecule has 0 bridgehead atoms. The van der Waals surface area contributed by atoms with Gasteiger partial charge >= 0.3 is 6.36 Å². The molecule has 2 unspecified atom stereocenters. The summed E-state index contributed by atoms with van der Waals surface area (Å²) >= 11 is 0. The van der Waals surface area contributed by atoms with Crippen LogP contribution in [0.5, 0.6) is 5.75 Å². The van der Waals surface area contributed by atoms with Crippen LogP contribution in [0.15, 0.2) is 24.3 Å². The molecule has 1 aromatic carbocycles. The molecule has 0 aliphatic carbocycles. The van der Waals surface area contributed by atoms with Crippen molar-refractivity contribution in [2.75, 3.05) is 13.1 Å². The van der Waals surface area contributed by atoms with Gasteiger partial charge in [0.2, 0.25) is 0 Å². The fourth-order valence-corrected chi connectivity index (χ4v) is 2.63. The predicted molar refractivity (Wildman–Crippen MR) is 82.6 cm³/mol. The van der Waals surface area contributed by atoms with Gasteiger partial charge in [-0.25, -0.2) is 0 Å². The van der Waals surface area contributed by atoms with E-state index in [1.807, 2.05) is 6.92 Å². The Labute approximate surface area is 139 Å². The van der Waals surface area contributed by atoms with Crippen LogP contribution in [0.4, 0.5) is 13.2 Å². The molecular formula is C15H20ClF3N2O2. The maximum Gasteiger partial charge on any atom is 0.573 e. The lowest BCUT2D eigenvalue weighted by molar-refractivity contribution is -0.274. The Morgan fingerprint density at radius 3 is 2.74 bits per heavy atom. The highest BCUT2D eigenvalue weighted by molar-refractivity contribution is 5.94. The molecule has 1 amide bonds. The number of piperidine rings is 1. The zero-order chi connectivity index (χ0) is 16.3. The lowest BCUT2D eigenvalue weighted by Crippen LogP contribution is -2.45. The summed E-state index contributed by atoms with van der Waals surface area (Å²) < 4.78 is 40.6. The van der Waals surface area contributed by atoms with E-state index in [4.69, 9.17) is 5.73 Å². The van der Waals surface area contributed by atoms with Crippen molar-refractivity contribution in [3.63, 3.8) is 0 Å². The zero-order valence-corrected chi connectivity index (χ0v) is 13.5. The fourth-order valence-electron chi connectivity index (χ4n) is 2.63. The van der Waals surface area contributed by atoms with Gasteiger partial charge in [0.25, 0.3) is 5.91 Å². The van der Waals surface area contributed by atoms with E-state index in [0.717, 1.165) is 18.9 Å². The van der Waals surface area contributed by atoms with E-state index in [9.17, 15) is 18.0 Å². The molecule has 1 heterocycles. The normalized spacial score (nSPS) is 19.7. The molecule has 1 fully saturated rings. The van der Waals surface area contributed by atoms with E-state index >= 15 is 0 Å². The van der Waals surface area contributed by atoms with E-state index in [2.05, 4.69) is 4.74 Å². The fraction of sp³-hybridized carbons (Fsp3) is 0.533. The Hall–Kier alpha value is -1.47. The molecular weight excluding hydrogens is 333 g/mol. The van der Waals surface area contributed by atoms with Crippen LogP contribution >= 0.6 is 12.4 Å². The average Bonchev–Trinajstić information content (AvgIpc) is 2.45. The lowest BCUT2D eigenvalue weighted by Gasteiger charge is -2.34. The minimum atomic E-state index is -4.77. The molecule has 0 radical (unpaired) electrons. The molecule has 4 nitrogen and oxygen atoms in total. The van der Waals surface area contributed by atoms with Gasteiger partial charge in [0.15, 0.2) is 0 Å². The summed E-state index contributed by atoms with van der Waals surface area (Å²) in [6.07, 6.45) is -2.97. The number of likely N-dealkylation sites (tertiary alicyclic amines) is 1. The second-order valence-electron chi connectivity index (χ2n) is 5.59. The number of alkyl halides is 3. The van der Waals surface area contributed by atoms with Crippen molar-refractivity contribution in [3.05, 3.63) is 29.8 Å². The van der Waals surface area contributed by atoms with Crippen LogP contribution in [-0.4, -0.2) is 36.3 Å². The van der Waals surface area contributed by atoms with Gasteiger partial charge in [0, 0.05) is 24.7 Å². The van der Waals surface area contributed by atoms with Crippen LogP contribution in [0.25, 0.3) is 0 Å². The van der Waals surface area contributed by atoms with E-state index < -0.39 is 6.36 Å². The molecule has 1 aromatic rings. The summed E-state index contributed by atoms with van der Waals surface area (Å²) in [6.45, 7) is 3.02. The highest BCUT2D eigenvalue weighted by Gasteiger charge is 2.32. The van der Waals surface area contributed by atoms with Crippen LogP contribution in [0.1, 0.15) is 30.1 Å². The predicted octanol–water partition coefficient (Wildman–Crippen LogP) is 3.21. The Morgan fingerprint density at radius 1 is 1.43 bits per heavy atom. The third kappa shape index (κ3) is 5.58. The summed E-state index contributed by atoms with van der Waals surface area (Å²) in [6, 6.07) is 5.13. The maximum absolute atomic E-state index is 12.4. The first-order chi connectivity index (χ1) is 10.3. The van der Waals surface area contributed by atoms with Gasteiger partial charge in [0.1, 0.15) is 5.75 Å². The molecule has 130 valence electrons. The van der Waals surface area contributed by atoms with Gasteiger partial charge in [0.05, 0.1) is 0 Å². The van der Waals surface area contributed by atoms with Crippen LogP contribution in [-0.2, 0) is 0 Å². The third-order valence-electron chi connectivity index (χ3n) is 3.80. The molecule has 23 heavy (non-hydrogen) atoms. The largest absolute Gasteiger partial charge is 0.573 e. The number of hydrogen-bond donors (Lipinski definition) is 1. The SMILES string of the molecule is CC(N)C1CCCN(C(=O)c2cccc(OC(F)(F)F)c2)C1.Cl. The van der Waals surface area contributed by atoms with E-state index in [-0.39, 0.29) is 41.6 Å². The first kappa shape index (κ1) is 19.6. The number of carbonyl (C=O) groups excluding carboxylic acids is 1. The first-order valence-corrected chi connectivity index (χ1v) is 7.17. The Bertz CT molecular complexity index is 538. The number of amides is 1. The number of halogens is 4. The molecule has 8 heteroatoms. The second-order valence-corrected chi connectivity index (χ2v) is 5.59. The molecule has 1 aliphatic heterocycles.